The zero-order valence-electron chi connectivity index (χ0n) is 8.70. The highest BCUT2D eigenvalue weighted by atomic mass is 28.3. The largest absolute Gasteiger partial charge is 0.298 e. The van der Waals surface area contributed by atoms with E-state index in [1.54, 1.807) is 6.07 Å². The highest BCUT2D eigenvalue weighted by Gasteiger charge is 2.21. The summed E-state index contributed by atoms with van der Waals surface area (Å²) < 4.78 is 0. The summed E-state index contributed by atoms with van der Waals surface area (Å²) in [4.78, 5) is 21.6. The van der Waals surface area contributed by atoms with Gasteiger partial charge in [0.1, 0.15) is 0 Å². The molecule has 1 aromatic rings. The maximum absolute atomic E-state index is 10.9. The number of hydrogen-bond donors (Lipinski definition) is 0. The lowest BCUT2D eigenvalue weighted by Crippen LogP contribution is -2.40. The van der Waals surface area contributed by atoms with E-state index in [0.29, 0.717) is 11.1 Å². The average Bonchev–Trinajstić information content (AvgIpc) is 2.15. The minimum absolute atomic E-state index is 0.500. The molecule has 3 heteroatoms. The Labute approximate surface area is 85.0 Å². The van der Waals surface area contributed by atoms with E-state index < -0.39 is 8.07 Å². The van der Waals surface area contributed by atoms with Gasteiger partial charge < -0.3 is 0 Å². The predicted octanol–water partition coefficient (Wildman–Crippen LogP) is 1.86. The number of hydrogen-bond acceptors (Lipinski definition) is 2. The summed E-state index contributed by atoms with van der Waals surface area (Å²) in [7, 11) is -1.54. The van der Waals surface area contributed by atoms with Gasteiger partial charge in [-0.3, -0.25) is 9.59 Å². The number of benzene rings is 1. The van der Waals surface area contributed by atoms with Crippen LogP contribution in [0.25, 0.3) is 0 Å². The van der Waals surface area contributed by atoms with Crippen molar-refractivity contribution in [2.45, 2.75) is 19.6 Å². The van der Waals surface area contributed by atoms with Crippen molar-refractivity contribution in [3.8, 4) is 0 Å². The molecule has 0 aliphatic carbocycles. The summed E-state index contributed by atoms with van der Waals surface area (Å²) in [6.45, 7) is 6.47. The molecule has 0 bridgehead atoms. The van der Waals surface area contributed by atoms with Gasteiger partial charge in [-0.2, -0.15) is 0 Å². The van der Waals surface area contributed by atoms with Crippen LogP contribution in [0.2, 0.25) is 19.6 Å². The first-order chi connectivity index (χ1) is 6.50. The molecule has 0 aromatic heterocycles. The van der Waals surface area contributed by atoms with Crippen molar-refractivity contribution in [1.29, 1.82) is 0 Å². The van der Waals surface area contributed by atoms with E-state index in [4.69, 9.17) is 0 Å². The van der Waals surface area contributed by atoms with Gasteiger partial charge in [0.2, 0.25) is 0 Å². The Hall–Kier alpha value is -1.22. The van der Waals surface area contributed by atoms with E-state index in [-0.39, 0.29) is 0 Å². The number of aldehydes is 2. The third kappa shape index (κ3) is 1.99. The smallest absolute Gasteiger partial charge is 0.150 e. The first kappa shape index (κ1) is 10.9. The van der Waals surface area contributed by atoms with Crippen LogP contribution in [0.4, 0.5) is 0 Å². The molecule has 0 spiro atoms. The van der Waals surface area contributed by atoms with Gasteiger partial charge in [0, 0.05) is 11.1 Å². The Morgan fingerprint density at radius 1 is 1.07 bits per heavy atom. The molecule has 0 N–H and O–H groups in total. The van der Waals surface area contributed by atoms with Gasteiger partial charge in [0.25, 0.3) is 0 Å². The SMILES string of the molecule is C[Si](C)(C)c1cccc(C=O)c1C=O. The van der Waals surface area contributed by atoms with Crippen LogP contribution in [0.1, 0.15) is 20.7 Å². The maximum atomic E-state index is 10.9. The lowest BCUT2D eigenvalue weighted by atomic mass is 10.1. The first-order valence-electron chi connectivity index (χ1n) is 4.54. The van der Waals surface area contributed by atoms with Crippen LogP contribution in [-0.2, 0) is 0 Å². The molecule has 0 saturated carbocycles. The second-order valence-corrected chi connectivity index (χ2v) is 9.33. The van der Waals surface area contributed by atoms with Crippen LogP contribution >= 0.6 is 0 Å². The van der Waals surface area contributed by atoms with Gasteiger partial charge in [-0.25, -0.2) is 0 Å². The van der Waals surface area contributed by atoms with E-state index in [1.165, 1.54) is 0 Å². The number of carbonyl (C=O) groups excluding carboxylic acids is 2. The molecule has 0 unspecified atom stereocenters. The highest BCUT2D eigenvalue weighted by molar-refractivity contribution is 6.89. The standard InChI is InChI=1S/C11H14O2Si/c1-14(2,3)11-6-4-5-9(7-12)10(11)8-13/h4-8H,1-3H3. The second-order valence-electron chi connectivity index (χ2n) is 4.29. The second kappa shape index (κ2) is 3.88. The van der Waals surface area contributed by atoms with Gasteiger partial charge in [0.15, 0.2) is 12.6 Å². The third-order valence-corrected chi connectivity index (χ3v) is 4.24. The van der Waals surface area contributed by atoms with Crippen LogP contribution in [0.3, 0.4) is 0 Å². The molecular weight excluding hydrogens is 192 g/mol. The fraction of sp³-hybridized carbons (Fsp3) is 0.273. The van der Waals surface area contributed by atoms with Gasteiger partial charge in [-0.15, -0.1) is 0 Å². The van der Waals surface area contributed by atoms with Crippen LogP contribution < -0.4 is 5.19 Å². The van der Waals surface area contributed by atoms with Gasteiger partial charge in [0.05, 0.1) is 8.07 Å². The summed E-state index contributed by atoms with van der Waals surface area (Å²) in [5, 5.41) is 1.05. The van der Waals surface area contributed by atoms with Crippen molar-refractivity contribution < 1.29 is 9.59 Å². The molecule has 0 amide bonds. The molecule has 14 heavy (non-hydrogen) atoms. The minimum Gasteiger partial charge on any atom is -0.298 e. The highest BCUT2D eigenvalue weighted by Crippen LogP contribution is 2.09. The van der Waals surface area contributed by atoms with Gasteiger partial charge in [-0.1, -0.05) is 37.8 Å². The molecule has 0 radical (unpaired) electrons. The molecule has 0 aliphatic heterocycles. The van der Waals surface area contributed by atoms with Crippen molar-refractivity contribution >= 4 is 25.8 Å². The minimum atomic E-state index is -1.54. The van der Waals surface area contributed by atoms with Crippen LogP contribution in [0.5, 0.6) is 0 Å². The maximum Gasteiger partial charge on any atom is 0.150 e. The molecule has 2 nitrogen and oxygen atoms in total. The van der Waals surface area contributed by atoms with Crippen molar-refractivity contribution in [3.63, 3.8) is 0 Å². The fourth-order valence-corrected chi connectivity index (χ4v) is 3.08. The zero-order valence-corrected chi connectivity index (χ0v) is 9.70. The summed E-state index contributed by atoms with van der Waals surface area (Å²) in [5.74, 6) is 0. The average molecular weight is 206 g/mol. The van der Waals surface area contributed by atoms with E-state index in [0.717, 1.165) is 17.8 Å². The molecule has 0 atom stereocenters. The Bertz CT molecular complexity index is 364. The Morgan fingerprint density at radius 2 is 1.71 bits per heavy atom. The lowest BCUT2D eigenvalue weighted by Gasteiger charge is -2.19. The monoisotopic (exact) mass is 206 g/mol. The van der Waals surface area contributed by atoms with Crippen LogP contribution in [-0.4, -0.2) is 20.6 Å². The van der Waals surface area contributed by atoms with Crippen molar-refractivity contribution in [2.75, 3.05) is 0 Å². The van der Waals surface area contributed by atoms with Crippen LogP contribution in [0.15, 0.2) is 18.2 Å². The normalized spacial score (nSPS) is 11.1. The molecule has 74 valence electrons. The Kier molecular flexibility index (Phi) is 3.01. The molecule has 0 fully saturated rings. The van der Waals surface area contributed by atoms with E-state index in [1.807, 2.05) is 12.1 Å². The summed E-state index contributed by atoms with van der Waals surface area (Å²) in [6.07, 6.45) is 1.53. The molecule has 0 aliphatic rings. The number of rotatable bonds is 3. The molecule has 0 heterocycles. The topological polar surface area (TPSA) is 34.1 Å². The van der Waals surface area contributed by atoms with E-state index in [2.05, 4.69) is 19.6 Å². The summed E-state index contributed by atoms with van der Waals surface area (Å²) >= 11 is 0. The Morgan fingerprint density at radius 3 is 2.14 bits per heavy atom. The molecular formula is C11H14O2Si. The van der Waals surface area contributed by atoms with Crippen molar-refractivity contribution in [1.82, 2.24) is 0 Å². The quantitative estimate of drug-likeness (QED) is 0.559. The Balaban J connectivity index is 3.44. The van der Waals surface area contributed by atoms with Crippen molar-refractivity contribution in [3.05, 3.63) is 29.3 Å². The van der Waals surface area contributed by atoms with Gasteiger partial charge >= 0.3 is 0 Å². The van der Waals surface area contributed by atoms with Gasteiger partial charge in [-0.05, 0) is 5.19 Å². The van der Waals surface area contributed by atoms with Crippen molar-refractivity contribution in [2.24, 2.45) is 0 Å². The zero-order chi connectivity index (χ0) is 10.8. The predicted molar refractivity (Wildman–Crippen MR) is 60.2 cm³/mol. The fourth-order valence-electron chi connectivity index (χ4n) is 1.47. The molecule has 0 saturated heterocycles. The summed E-state index contributed by atoms with van der Waals surface area (Å²) in [5.41, 5.74) is 1.07. The first-order valence-corrected chi connectivity index (χ1v) is 8.04. The van der Waals surface area contributed by atoms with E-state index >= 15 is 0 Å². The molecule has 1 aromatic carbocycles. The lowest BCUT2D eigenvalue weighted by molar-refractivity contribution is 0.109. The number of carbonyl (C=O) groups is 2. The van der Waals surface area contributed by atoms with Crippen LogP contribution in [0, 0.1) is 0 Å². The summed E-state index contributed by atoms with van der Waals surface area (Å²) in [6, 6.07) is 5.47. The van der Waals surface area contributed by atoms with E-state index in [9.17, 15) is 9.59 Å². The third-order valence-electron chi connectivity index (χ3n) is 2.19. The molecule has 1 rings (SSSR count).